The van der Waals surface area contributed by atoms with Crippen LogP contribution < -0.4 is 16.6 Å². The van der Waals surface area contributed by atoms with Gasteiger partial charge in [0.2, 0.25) is 5.96 Å². The number of halogens is 2. The number of aliphatic imine (C=N–C) groups is 1. The van der Waals surface area contributed by atoms with Crippen LogP contribution in [0.5, 0.6) is 0 Å². The fourth-order valence-corrected chi connectivity index (χ4v) is 2.56. The molecule has 0 radical (unpaired) electrons. The summed E-state index contributed by atoms with van der Waals surface area (Å²) in [7, 11) is 0. The van der Waals surface area contributed by atoms with Gasteiger partial charge in [0.25, 0.3) is 0 Å². The second-order valence-corrected chi connectivity index (χ2v) is 5.60. The summed E-state index contributed by atoms with van der Waals surface area (Å²) in [4.78, 5) is 4.57. The number of rotatable bonds is 2. The first-order valence-corrected chi connectivity index (χ1v) is 7.12. The van der Waals surface area contributed by atoms with Gasteiger partial charge in [-0.1, -0.05) is 24.4 Å². The van der Waals surface area contributed by atoms with Crippen molar-refractivity contribution in [1.82, 2.24) is 5.43 Å². The van der Waals surface area contributed by atoms with E-state index >= 15 is 0 Å². The molecule has 1 saturated carbocycles. The van der Waals surface area contributed by atoms with Crippen LogP contribution in [0.15, 0.2) is 27.7 Å². The summed E-state index contributed by atoms with van der Waals surface area (Å²) < 4.78 is 0.918. The third kappa shape index (κ3) is 3.60. The van der Waals surface area contributed by atoms with Gasteiger partial charge in [0.05, 0.1) is 11.7 Å². The van der Waals surface area contributed by atoms with Crippen molar-refractivity contribution in [3.8, 4) is 0 Å². The standard InChI is InChI=1S/C12H16BrClN4/c13-10-6-5-8(14)7-11(10)17-12(18-15)16-9-3-1-2-4-9/h5-7,9H,1-4,15H2,(H2,16,17,18). The highest BCUT2D eigenvalue weighted by Gasteiger charge is 2.15. The Hall–Kier alpha value is -0.780. The summed E-state index contributed by atoms with van der Waals surface area (Å²) in [6.07, 6.45) is 4.74. The molecule has 0 heterocycles. The largest absolute Gasteiger partial charge is 0.324 e. The van der Waals surface area contributed by atoms with Gasteiger partial charge in [-0.15, -0.1) is 0 Å². The molecular formula is C12H16BrClN4. The van der Waals surface area contributed by atoms with Crippen molar-refractivity contribution in [2.24, 2.45) is 10.8 Å². The lowest BCUT2D eigenvalue weighted by Gasteiger charge is -2.13. The number of hydrazine groups is 1. The molecule has 4 nitrogen and oxygen atoms in total. The zero-order chi connectivity index (χ0) is 13.0. The molecule has 6 heteroatoms. The molecular weight excluding hydrogens is 316 g/mol. The van der Waals surface area contributed by atoms with Crippen molar-refractivity contribution < 1.29 is 0 Å². The maximum atomic E-state index is 5.96. The van der Waals surface area contributed by atoms with Crippen LogP contribution in [0.1, 0.15) is 25.7 Å². The van der Waals surface area contributed by atoms with Gasteiger partial charge < -0.3 is 5.32 Å². The predicted octanol–water partition coefficient (Wildman–Crippen LogP) is 3.28. The molecule has 4 N–H and O–H groups in total. The molecule has 1 aliphatic rings. The smallest absolute Gasteiger partial charge is 0.210 e. The van der Waals surface area contributed by atoms with E-state index in [1.807, 2.05) is 18.2 Å². The fraction of sp³-hybridized carbons (Fsp3) is 0.417. The van der Waals surface area contributed by atoms with Gasteiger partial charge in [0, 0.05) is 9.50 Å². The number of benzene rings is 1. The van der Waals surface area contributed by atoms with E-state index in [1.54, 1.807) is 0 Å². The molecule has 0 aliphatic heterocycles. The lowest BCUT2D eigenvalue weighted by Crippen LogP contribution is -2.37. The van der Waals surface area contributed by atoms with E-state index in [9.17, 15) is 0 Å². The highest BCUT2D eigenvalue weighted by molar-refractivity contribution is 9.10. The fourth-order valence-electron chi connectivity index (χ4n) is 2.04. The van der Waals surface area contributed by atoms with Crippen molar-refractivity contribution in [1.29, 1.82) is 0 Å². The van der Waals surface area contributed by atoms with E-state index in [1.165, 1.54) is 12.8 Å². The molecule has 1 fully saturated rings. The first kappa shape index (κ1) is 13.6. The van der Waals surface area contributed by atoms with Crippen molar-refractivity contribution in [3.63, 3.8) is 0 Å². The van der Waals surface area contributed by atoms with Crippen LogP contribution in [0.3, 0.4) is 0 Å². The number of nitrogens with one attached hydrogen (secondary N) is 2. The third-order valence-electron chi connectivity index (χ3n) is 2.95. The van der Waals surface area contributed by atoms with Crippen LogP contribution in [0.25, 0.3) is 0 Å². The van der Waals surface area contributed by atoms with Crippen LogP contribution in [-0.2, 0) is 0 Å². The van der Waals surface area contributed by atoms with Gasteiger partial charge in [0.15, 0.2) is 0 Å². The van der Waals surface area contributed by atoms with Crippen LogP contribution in [0, 0.1) is 0 Å². The van der Waals surface area contributed by atoms with Crippen LogP contribution in [0.4, 0.5) is 5.69 Å². The number of hydrogen-bond donors (Lipinski definition) is 3. The third-order valence-corrected chi connectivity index (χ3v) is 3.88. The predicted molar refractivity (Wildman–Crippen MR) is 79.8 cm³/mol. The molecule has 1 aliphatic carbocycles. The first-order chi connectivity index (χ1) is 8.69. The highest BCUT2D eigenvalue weighted by atomic mass is 79.9. The number of hydrogen-bond acceptors (Lipinski definition) is 2. The summed E-state index contributed by atoms with van der Waals surface area (Å²) in [5.41, 5.74) is 3.44. The molecule has 0 atom stereocenters. The Kier molecular flexibility index (Phi) is 4.86. The minimum atomic E-state index is 0.363. The lowest BCUT2D eigenvalue weighted by atomic mass is 10.3. The van der Waals surface area contributed by atoms with Gasteiger partial charge in [-0.3, -0.25) is 5.43 Å². The SMILES string of the molecule is NNC(=NC1CCCC1)Nc1cc(Cl)ccc1Br. The first-order valence-electron chi connectivity index (χ1n) is 5.95. The quantitative estimate of drug-likeness (QED) is 0.337. The van der Waals surface area contributed by atoms with Crippen LogP contribution in [0.2, 0.25) is 5.02 Å². The molecule has 0 aromatic heterocycles. The van der Waals surface area contributed by atoms with Crippen molar-refractivity contribution >= 4 is 39.2 Å². The Morgan fingerprint density at radius 2 is 2.11 bits per heavy atom. The highest BCUT2D eigenvalue weighted by Crippen LogP contribution is 2.26. The van der Waals surface area contributed by atoms with E-state index < -0.39 is 0 Å². The zero-order valence-corrected chi connectivity index (χ0v) is 12.3. The topological polar surface area (TPSA) is 62.4 Å². The Bertz CT molecular complexity index is 444. The van der Waals surface area contributed by atoms with Crippen molar-refractivity contribution in [3.05, 3.63) is 27.7 Å². The number of nitrogens with zero attached hydrogens (tertiary/aromatic N) is 1. The average Bonchev–Trinajstić information content (AvgIpc) is 2.85. The molecule has 0 spiro atoms. The van der Waals surface area contributed by atoms with Gasteiger partial charge >= 0.3 is 0 Å². The number of nitrogens with two attached hydrogens (primary N) is 1. The normalized spacial score (nSPS) is 16.9. The summed E-state index contributed by atoms with van der Waals surface area (Å²) >= 11 is 9.42. The minimum Gasteiger partial charge on any atom is -0.324 e. The van der Waals surface area contributed by atoms with Crippen LogP contribution >= 0.6 is 27.5 Å². The Morgan fingerprint density at radius 1 is 1.39 bits per heavy atom. The molecule has 0 unspecified atom stereocenters. The average molecular weight is 332 g/mol. The molecule has 1 aromatic rings. The van der Waals surface area contributed by atoms with Gasteiger partial charge in [0.1, 0.15) is 0 Å². The van der Waals surface area contributed by atoms with E-state index in [-0.39, 0.29) is 0 Å². The summed E-state index contributed by atoms with van der Waals surface area (Å²) in [5.74, 6) is 6.07. The molecule has 0 saturated heterocycles. The molecule has 0 amide bonds. The van der Waals surface area contributed by atoms with E-state index in [0.29, 0.717) is 17.0 Å². The number of guanidine groups is 1. The van der Waals surface area contributed by atoms with Gasteiger partial charge in [-0.25, -0.2) is 10.8 Å². The lowest BCUT2D eigenvalue weighted by molar-refractivity contribution is 0.700. The van der Waals surface area contributed by atoms with Gasteiger partial charge in [-0.05, 0) is 47.0 Å². The molecule has 98 valence electrons. The molecule has 2 rings (SSSR count). The Morgan fingerprint density at radius 3 is 2.78 bits per heavy atom. The summed E-state index contributed by atoms with van der Waals surface area (Å²) in [5, 5.41) is 3.81. The molecule has 0 bridgehead atoms. The van der Waals surface area contributed by atoms with Gasteiger partial charge in [-0.2, -0.15) is 0 Å². The maximum Gasteiger partial charge on any atom is 0.210 e. The Labute approximate surface area is 120 Å². The Balaban J connectivity index is 2.11. The van der Waals surface area contributed by atoms with Crippen molar-refractivity contribution in [2.75, 3.05) is 5.32 Å². The summed E-state index contributed by atoms with van der Waals surface area (Å²) in [6, 6.07) is 5.89. The minimum absolute atomic E-state index is 0.363. The monoisotopic (exact) mass is 330 g/mol. The second kappa shape index (κ2) is 6.41. The summed E-state index contributed by atoms with van der Waals surface area (Å²) in [6.45, 7) is 0. The number of anilines is 1. The second-order valence-electron chi connectivity index (χ2n) is 4.31. The maximum absolute atomic E-state index is 5.96. The molecule has 1 aromatic carbocycles. The zero-order valence-electron chi connectivity index (χ0n) is 9.92. The van der Waals surface area contributed by atoms with E-state index in [4.69, 9.17) is 17.4 Å². The van der Waals surface area contributed by atoms with E-state index in [0.717, 1.165) is 23.0 Å². The van der Waals surface area contributed by atoms with E-state index in [2.05, 4.69) is 31.7 Å². The molecule has 18 heavy (non-hydrogen) atoms. The van der Waals surface area contributed by atoms with Crippen molar-refractivity contribution in [2.45, 2.75) is 31.7 Å². The van der Waals surface area contributed by atoms with Crippen LogP contribution in [-0.4, -0.2) is 12.0 Å².